The third kappa shape index (κ3) is 7.99. The smallest absolute Gasteiger partial charge is 0.346 e. The van der Waals surface area contributed by atoms with Crippen LogP contribution >= 0.6 is 0 Å². The van der Waals surface area contributed by atoms with Crippen LogP contribution in [0.4, 0.5) is 0 Å². The summed E-state index contributed by atoms with van der Waals surface area (Å²) in [6.07, 6.45) is 0.847. The van der Waals surface area contributed by atoms with E-state index >= 15 is 0 Å². The van der Waals surface area contributed by atoms with Crippen molar-refractivity contribution in [2.75, 3.05) is 6.61 Å². The largest absolute Gasteiger partial charge is 0.508 e. The average Bonchev–Trinajstić information content (AvgIpc) is 2.79. The van der Waals surface area contributed by atoms with Crippen LogP contribution in [0.15, 0.2) is 67.5 Å². The Balaban J connectivity index is 2.33. The van der Waals surface area contributed by atoms with Crippen LogP contribution in [0, 0.1) is 0 Å². The van der Waals surface area contributed by atoms with Gasteiger partial charge in [0.05, 0.1) is 6.26 Å². The molecule has 0 spiro atoms. The molecule has 0 aliphatic carbocycles. The number of hydrogen-bond acceptors (Lipinski definition) is 9. The normalized spacial score (nSPS) is 10.7. The molecular formula is C28H30O9. The van der Waals surface area contributed by atoms with Gasteiger partial charge in [-0.25, -0.2) is 14.4 Å². The minimum absolute atomic E-state index is 0.0500. The molecule has 2 N–H and O–H groups in total. The highest BCUT2D eigenvalue weighted by molar-refractivity contribution is 5.96. The molecule has 0 aliphatic rings. The van der Waals surface area contributed by atoms with Crippen LogP contribution in [-0.2, 0) is 20.7 Å². The van der Waals surface area contributed by atoms with E-state index in [1.807, 2.05) is 0 Å². The summed E-state index contributed by atoms with van der Waals surface area (Å²) in [6.45, 7) is 17.2. The molecule has 2 aromatic carbocycles. The third-order valence-electron chi connectivity index (χ3n) is 4.80. The Hall–Kier alpha value is -4.53. The molecule has 0 bridgehead atoms. The van der Waals surface area contributed by atoms with Crippen LogP contribution in [-0.4, -0.2) is 40.3 Å². The van der Waals surface area contributed by atoms with Gasteiger partial charge in [-0.05, 0) is 63.6 Å². The third-order valence-corrected chi connectivity index (χ3v) is 4.80. The lowest BCUT2D eigenvalue weighted by Gasteiger charge is -2.26. The van der Waals surface area contributed by atoms with Crippen LogP contribution in [0.5, 0.6) is 23.0 Å². The van der Waals surface area contributed by atoms with Crippen molar-refractivity contribution in [3.05, 3.63) is 84.2 Å². The quantitative estimate of drug-likeness (QED) is 0.141. The van der Waals surface area contributed by atoms with Gasteiger partial charge in [0, 0.05) is 17.6 Å². The second kappa shape index (κ2) is 11.9. The van der Waals surface area contributed by atoms with Gasteiger partial charge in [0.1, 0.15) is 46.3 Å². The van der Waals surface area contributed by atoms with Crippen molar-refractivity contribution in [2.24, 2.45) is 0 Å². The summed E-state index contributed by atoms with van der Waals surface area (Å²) in [4.78, 5) is 37.3. The van der Waals surface area contributed by atoms with E-state index in [9.17, 15) is 24.6 Å². The molecule has 0 heterocycles. The molecule has 0 amide bonds. The first kappa shape index (κ1) is 28.7. The zero-order chi connectivity index (χ0) is 27.9. The molecule has 0 unspecified atom stereocenters. The number of ether oxygens (including phenoxy) is 4. The molecule has 0 saturated heterocycles. The summed E-state index contributed by atoms with van der Waals surface area (Å²) < 4.78 is 21.1. The Morgan fingerprint density at radius 2 is 1.65 bits per heavy atom. The van der Waals surface area contributed by atoms with Crippen molar-refractivity contribution in [1.82, 2.24) is 0 Å². The first-order valence-corrected chi connectivity index (χ1v) is 11.1. The van der Waals surface area contributed by atoms with Gasteiger partial charge in [-0.2, -0.15) is 0 Å². The maximum atomic E-state index is 12.9. The number of phenols is 2. The lowest BCUT2D eigenvalue weighted by Crippen LogP contribution is -2.31. The predicted octanol–water partition coefficient (Wildman–Crippen LogP) is 5.01. The fraction of sp³-hybridized carbons (Fsp3) is 0.250. The molecular weight excluding hydrogens is 480 g/mol. The SMILES string of the molecule is C=COC(=O)c1cc(O)c(CC(C)(C)OC(=O)c2cc(OCC(=C)C)ccc2O)cc1OC(=O)C(=C)C. The maximum Gasteiger partial charge on any atom is 0.346 e. The Kier molecular flexibility index (Phi) is 9.26. The molecule has 0 aliphatic heterocycles. The van der Waals surface area contributed by atoms with Gasteiger partial charge < -0.3 is 29.2 Å². The number of carbonyl (C=O) groups is 3. The summed E-state index contributed by atoms with van der Waals surface area (Å²) >= 11 is 0. The highest BCUT2D eigenvalue weighted by atomic mass is 16.6. The maximum absolute atomic E-state index is 12.9. The molecule has 0 fully saturated rings. The molecule has 196 valence electrons. The second-order valence-electron chi connectivity index (χ2n) is 8.97. The number of rotatable bonds is 11. The van der Waals surface area contributed by atoms with Gasteiger partial charge >= 0.3 is 17.9 Å². The summed E-state index contributed by atoms with van der Waals surface area (Å²) in [7, 11) is 0. The van der Waals surface area contributed by atoms with Crippen molar-refractivity contribution in [2.45, 2.75) is 39.7 Å². The van der Waals surface area contributed by atoms with E-state index in [2.05, 4.69) is 19.7 Å². The van der Waals surface area contributed by atoms with Crippen molar-refractivity contribution in [1.29, 1.82) is 0 Å². The van der Waals surface area contributed by atoms with E-state index in [0.717, 1.165) is 17.9 Å². The van der Waals surface area contributed by atoms with E-state index in [1.165, 1.54) is 31.2 Å². The number of phenolic OH excluding ortho intramolecular Hbond substituents is 2. The molecule has 0 aromatic heterocycles. The minimum atomic E-state index is -1.21. The zero-order valence-corrected chi connectivity index (χ0v) is 21.3. The number of benzene rings is 2. The lowest BCUT2D eigenvalue weighted by atomic mass is 9.95. The number of esters is 3. The fourth-order valence-electron chi connectivity index (χ4n) is 3.10. The van der Waals surface area contributed by atoms with E-state index < -0.39 is 23.5 Å². The highest BCUT2D eigenvalue weighted by Gasteiger charge is 2.29. The van der Waals surface area contributed by atoms with E-state index in [4.69, 9.17) is 18.9 Å². The average molecular weight is 511 g/mol. The van der Waals surface area contributed by atoms with Crippen LogP contribution in [0.3, 0.4) is 0 Å². The second-order valence-corrected chi connectivity index (χ2v) is 8.97. The molecule has 2 aromatic rings. The number of carbonyl (C=O) groups excluding carboxylic acids is 3. The first-order chi connectivity index (χ1) is 17.2. The van der Waals surface area contributed by atoms with E-state index in [0.29, 0.717) is 5.75 Å². The molecule has 37 heavy (non-hydrogen) atoms. The highest BCUT2D eigenvalue weighted by Crippen LogP contribution is 2.33. The molecule has 0 saturated carbocycles. The van der Waals surface area contributed by atoms with Gasteiger partial charge in [0.25, 0.3) is 0 Å². The molecule has 0 atom stereocenters. The summed E-state index contributed by atoms with van der Waals surface area (Å²) in [5.74, 6) is -3.00. The van der Waals surface area contributed by atoms with Gasteiger partial charge in [-0.3, -0.25) is 0 Å². The summed E-state index contributed by atoms with van der Waals surface area (Å²) in [6, 6.07) is 6.52. The van der Waals surface area contributed by atoms with Crippen LogP contribution in [0.1, 0.15) is 54.0 Å². The van der Waals surface area contributed by atoms with Gasteiger partial charge in [0.2, 0.25) is 0 Å². The van der Waals surface area contributed by atoms with Gasteiger partial charge in [-0.1, -0.05) is 19.7 Å². The van der Waals surface area contributed by atoms with E-state index in [1.54, 1.807) is 20.8 Å². The van der Waals surface area contributed by atoms with Crippen molar-refractivity contribution in [3.8, 4) is 23.0 Å². The Morgan fingerprint density at radius 1 is 0.973 bits per heavy atom. The van der Waals surface area contributed by atoms with Crippen molar-refractivity contribution >= 4 is 17.9 Å². The molecule has 0 radical (unpaired) electrons. The molecule has 2 rings (SSSR count). The van der Waals surface area contributed by atoms with Gasteiger partial charge in [-0.15, -0.1) is 0 Å². The molecule has 9 nitrogen and oxygen atoms in total. The summed E-state index contributed by atoms with van der Waals surface area (Å²) in [5.41, 5.74) is -0.484. The van der Waals surface area contributed by atoms with Crippen LogP contribution in [0.2, 0.25) is 0 Å². The van der Waals surface area contributed by atoms with Crippen molar-refractivity contribution < 1.29 is 43.5 Å². The Bertz CT molecular complexity index is 1250. The monoisotopic (exact) mass is 510 g/mol. The van der Waals surface area contributed by atoms with Gasteiger partial charge in [0.15, 0.2) is 0 Å². The Labute approximate surface area is 215 Å². The van der Waals surface area contributed by atoms with Crippen LogP contribution in [0.25, 0.3) is 0 Å². The summed E-state index contributed by atoms with van der Waals surface area (Å²) in [5, 5.41) is 20.8. The zero-order valence-electron chi connectivity index (χ0n) is 21.3. The topological polar surface area (TPSA) is 129 Å². The number of hydrogen-bond donors (Lipinski definition) is 2. The number of aromatic hydroxyl groups is 2. The van der Waals surface area contributed by atoms with E-state index in [-0.39, 0.29) is 52.5 Å². The lowest BCUT2D eigenvalue weighted by molar-refractivity contribution is -0.130. The minimum Gasteiger partial charge on any atom is -0.508 e. The molecule has 9 heteroatoms. The predicted molar refractivity (Wildman–Crippen MR) is 136 cm³/mol. The standard InChI is InChI=1S/C28H30O9/c1-8-34-26(32)21-13-23(30)18(11-24(21)36-25(31)17(4)5)14-28(6,7)37-27(33)20-12-19(9-10-22(20)29)35-15-16(2)3/h8-13,29-30H,1-2,4,14-15H2,3,5-7H3. The fourth-order valence-corrected chi connectivity index (χ4v) is 3.10. The van der Waals surface area contributed by atoms with Crippen molar-refractivity contribution in [3.63, 3.8) is 0 Å². The first-order valence-electron chi connectivity index (χ1n) is 11.1. The van der Waals surface area contributed by atoms with Crippen LogP contribution < -0.4 is 9.47 Å². The Morgan fingerprint density at radius 3 is 2.24 bits per heavy atom.